The molecule has 240 valence electrons. The van der Waals surface area contributed by atoms with Crippen molar-refractivity contribution in [2.45, 2.75) is 25.7 Å². The first kappa shape index (κ1) is 27.5. The van der Waals surface area contributed by atoms with Crippen LogP contribution >= 0.6 is 0 Å². The lowest BCUT2D eigenvalue weighted by molar-refractivity contribution is 0.719. The monoisotopic (exact) mass is 651 g/mol. The minimum Gasteiger partial charge on any atom is -0.313 e. The van der Waals surface area contributed by atoms with Crippen LogP contribution in [0.5, 0.6) is 0 Å². The van der Waals surface area contributed by atoms with E-state index in [1.165, 1.54) is 104 Å². The summed E-state index contributed by atoms with van der Waals surface area (Å²) < 4.78 is 7.70. The maximum Gasteiger partial charge on any atom is 0.0642 e. The molecule has 0 fully saturated rings. The van der Waals surface area contributed by atoms with Gasteiger partial charge in [0.1, 0.15) is 0 Å². The van der Waals surface area contributed by atoms with Crippen molar-refractivity contribution in [2.75, 3.05) is 0 Å². The highest BCUT2D eigenvalue weighted by molar-refractivity contribution is 6.35. The number of fused-ring (bicyclic) bond motifs is 14. The van der Waals surface area contributed by atoms with Gasteiger partial charge in [-0.05, 0) is 91.1 Å². The standard InChI is InChI=1S/C48H33N3/c1-2-16-32(17-3-1)49-41-22-11-7-19-34(41)37-28-33(18-6-10-25-44(37)49)50-42-23-12-8-20-35(42)38-29-39-36-21-9-13-24-43(36)51-45-27-31-15-5-4-14-30(31)26-40(45)46(47(38)50)48(39)51/h1-5,7-9,11-17,19-24,26-29H,6,10,18,25H2/b33-28+. The van der Waals surface area contributed by atoms with Crippen LogP contribution in [-0.4, -0.2) is 13.5 Å². The Morgan fingerprint density at radius 1 is 0.412 bits per heavy atom. The number of para-hydroxylation sites is 4. The lowest BCUT2D eigenvalue weighted by atomic mass is 9.99. The molecular weight excluding hydrogens is 619 g/mol. The van der Waals surface area contributed by atoms with Gasteiger partial charge in [-0.2, -0.15) is 0 Å². The average Bonchev–Trinajstić information content (AvgIpc) is 3.88. The molecule has 0 amide bonds. The zero-order valence-corrected chi connectivity index (χ0v) is 28.1. The van der Waals surface area contributed by atoms with Gasteiger partial charge in [0, 0.05) is 60.3 Å². The molecule has 4 aromatic heterocycles. The van der Waals surface area contributed by atoms with Crippen molar-refractivity contribution < 1.29 is 0 Å². The second kappa shape index (κ2) is 10.1. The Bertz CT molecular complexity index is 3240. The summed E-state index contributed by atoms with van der Waals surface area (Å²) in [7, 11) is 0. The second-order valence-corrected chi connectivity index (χ2v) is 14.4. The SMILES string of the molecule is C1=C(/n2c3ccccc3c3cc4c5ccccc5n5c6cc7ccccc7cc6c(c32)c45)CCCCc2c/1c1ccccc1n2-c1ccccc1. The molecule has 0 atom stereocenters. The zero-order chi connectivity index (χ0) is 33.2. The summed E-state index contributed by atoms with van der Waals surface area (Å²) in [6.07, 6.45) is 6.90. The van der Waals surface area contributed by atoms with Crippen molar-refractivity contribution in [1.82, 2.24) is 13.5 Å². The van der Waals surface area contributed by atoms with E-state index in [2.05, 4.69) is 165 Å². The van der Waals surface area contributed by atoms with Crippen molar-refractivity contribution in [2.24, 2.45) is 0 Å². The smallest absolute Gasteiger partial charge is 0.0642 e. The molecule has 3 heteroatoms. The zero-order valence-electron chi connectivity index (χ0n) is 28.1. The summed E-state index contributed by atoms with van der Waals surface area (Å²) in [5, 5.41) is 11.8. The molecule has 0 aliphatic heterocycles. The fourth-order valence-corrected chi connectivity index (χ4v) is 9.60. The van der Waals surface area contributed by atoms with Crippen LogP contribution < -0.4 is 0 Å². The molecule has 4 heterocycles. The molecule has 0 spiro atoms. The summed E-state index contributed by atoms with van der Waals surface area (Å²) >= 11 is 0. The molecule has 1 aliphatic carbocycles. The lowest BCUT2D eigenvalue weighted by Crippen LogP contribution is -2.05. The molecule has 0 saturated heterocycles. The van der Waals surface area contributed by atoms with Crippen LogP contribution in [0.4, 0.5) is 0 Å². The van der Waals surface area contributed by atoms with Gasteiger partial charge < -0.3 is 13.5 Å². The molecule has 1 aliphatic rings. The van der Waals surface area contributed by atoms with E-state index < -0.39 is 0 Å². The highest BCUT2D eigenvalue weighted by atomic mass is 15.0. The molecule has 51 heavy (non-hydrogen) atoms. The predicted octanol–water partition coefficient (Wildman–Crippen LogP) is 12.8. The average molecular weight is 652 g/mol. The molecule has 0 saturated carbocycles. The first-order chi connectivity index (χ1) is 25.3. The number of allylic oxidation sites excluding steroid dienone is 1. The Balaban J connectivity index is 1.27. The molecule has 12 rings (SSSR count). The van der Waals surface area contributed by atoms with Gasteiger partial charge in [-0.1, -0.05) is 97.1 Å². The maximum atomic E-state index is 2.65. The first-order valence-corrected chi connectivity index (χ1v) is 18.2. The van der Waals surface area contributed by atoms with Crippen LogP contribution in [0.25, 0.3) is 99.0 Å². The van der Waals surface area contributed by atoms with Crippen molar-refractivity contribution >= 4 is 93.3 Å². The highest BCUT2D eigenvalue weighted by Gasteiger charge is 2.26. The number of hydrogen-bond donors (Lipinski definition) is 0. The highest BCUT2D eigenvalue weighted by Crippen LogP contribution is 2.48. The predicted molar refractivity (Wildman–Crippen MR) is 217 cm³/mol. The van der Waals surface area contributed by atoms with Gasteiger partial charge in [-0.3, -0.25) is 0 Å². The van der Waals surface area contributed by atoms with Crippen LogP contribution in [-0.2, 0) is 6.42 Å². The molecule has 3 nitrogen and oxygen atoms in total. The Morgan fingerprint density at radius 2 is 1.02 bits per heavy atom. The molecule has 0 N–H and O–H groups in total. The van der Waals surface area contributed by atoms with E-state index in [9.17, 15) is 0 Å². The maximum absolute atomic E-state index is 2.65. The minimum atomic E-state index is 1.02. The van der Waals surface area contributed by atoms with Gasteiger partial charge in [-0.15, -0.1) is 0 Å². The third kappa shape index (κ3) is 3.63. The number of aromatic nitrogens is 3. The van der Waals surface area contributed by atoms with E-state index in [4.69, 9.17) is 0 Å². The normalized spacial score (nSPS) is 15.1. The van der Waals surface area contributed by atoms with Crippen molar-refractivity contribution in [3.63, 3.8) is 0 Å². The van der Waals surface area contributed by atoms with E-state index in [-0.39, 0.29) is 0 Å². The molecular formula is C48H33N3. The summed E-state index contributed by atoms with van der Waals surface area (Å²) in [5.41, 5.74) is 13.1. The van der Waals surface area contributed by atoms with Gasteiger partial charge in [0.25, 0.3) is 0 Å². The Kier molecular flexibility index (Phi) is 5.45. The van der Waals surface area contributed by atoms with Crippen LogP contribution in [0.15, 0.2) is 146 Å². The van der Waals surface area contributed by atoms with Crippen LogP contribution in [0.1, 0.15) is 30.5 Å². The van der Waals surface area contributed by atoms with E-state index in [1.807, 2.05) is 0 Å². The van der Waals surface area contributed by atoms with Crippen molar-refractivity contribution in [3.8, 4) is 5.69 Å². The van der Waals surface area contributed by atoms with Crippen molar-refractivity contribution in [1.29, 1.82) is 0 Å². The van der Waals surface area contributed by atoms with E-state index in [0.29, 0.717) is 0 Å². The summed E-state index contributed by atoms with van der Waals surface area (Å²) in [6, 6.07) is 54.1. The fourth-order valence-electron chi connectivity index (χ4n) is 9.60. The Hall–Kier alpha value is -6.32. The van der Waals surface area contributed by atoms with Crippen LogP contribution in [0.3, 0.4) is 0 Å². The summed E-state index contributed by atoms with van der Waals surface area (Å²) in [5.74, 6) is 0. The molecule has 7 aromatic carbocycles. The van der Waals surface area contributed by atoms with Gasteiger partial charge in [0.05, 0.1) is 33.1 Å². The quantitative estimate of drug-likeness (QED) is 0.177. The third-order valence-corrected chi connectivity index (χ3v) is 11.7. The van der Waals surface area contributed by atoms with Crippen LogP contribution in [0.2, 0.25) is 0 Å². The summed E-state index contributed by atoms with van der Waals surface area (Å²) in [4.78, 5) is 0. The minimum absolute atomic E-state index is 1.02. The van der Waals surface area contributed by atoms with Gasteiger partial charge in [0.15, 0.2) is 0 Å². The lowest BCUT2D eigenvalue weighted by Gasteiger charge is -2.18. The first-order valence-electron chi connectivity index (χ1n) is 18.2. The molecule has 0 bridgehead atoms. The van der Waals surface area contributed by atoms with Crippen LogP contribution in [0, 0.1) is 0 Å². The number of benzene rings is 7. The topological polar surface area (TPSA) is 14.3 Å². The summed E-state index contributed by atoms with van der Waals surface area (Å²) in [6.45, 7) is 0. The van der Waals surface area contributed by atoms with Gasteiger partial charge in [-0.25, -0.2) is 0 Å². The van der Waals surface area contributed by atoms with E-state index in [0.717, 1.165) is 25.7 Å². The van der Waals surface area contributed by atoms with Crippen molar-refractivity contribution in [3.05, 3.63) is 157 Å². The largest absolute Gasteiger partial charge is 0.313 e. The number of hydrogen-bond acceptors (Lipinski definition) is 0. The fraction of sp³-hybridized carbons (Fsp3) is 0.0833. The third-order valence-electron chi connectivity index (χ3n) is 11.7. The molecule has 0 radical (unpaired) electrons. The van der Waals surface area contributed by atoms with Gasteiger partial charge in [0.2, 0.25) is 0 Å². The molecule has 11 aromatic rings. The van der Waals surface area contributed by atoms with E-state index in [1.54, 1.807) is 0 Å². The number of nitrogens with zero attached hydrogens (tertiary/aromatic N) is 3. The molecule has 0 unspecified atom stereocenters. The second-order valence-electron chi connectivity index (χ2n) is 14.4. The Labute approximate surface area is 294 Å². The van der Waals surface area contributed by atoms with Gasteiger partial charge >= 0.3 is 0 Å². The van der Waals surface area contributed by atoms with E-state index >= 15 is 0 Å². The number of rotatable bonds is 2. The Morgan fingerprint density at radius 3 is 1.82 bits per heavy atom.